The molecule has 1 heterocycles. The van der Waals surface area contributed by atoms with E-state index < -0.39 is 5.97 Å². The van der Waals surface area contributed by atoms with Crippen LogP contribution in [0.15, 0.2) is 41.8 Å². The Bertz CT molecular complexity index is 659. The van der Waals surface area contributed by atoms with Crippen LogP contribution in [0, 0.1) is 0 Å². The molecule has 2 N–H and O–H groups in total. The molecule has 0 aliphatic rings. The molecule has 20 heavy (non-hydrogen) atoms. The summed E-state index contributed by atoms with van der Waals surface area (Å²) in [5.74, 6) is -0.824. The standard InChI is InChI=1S/C12H8Cl2N4O2/c13-8-3-1-7(2-4-8)12(19)20-18-11(15)9-10(14)17-6-5-16-9/h1-6H,(H2,15,18). The highest BCUT2D eigenvalue weighted by molar-refractivity contribution is 6.32. The van der Waals surface area contributed by atoms with Crippen molar-refractivity contribution in [3.8, 4) is 0 Å². The topological polar surface area (TPSA) is 90.5 Å². The summed E-state index contributed by atoms with van der Waals surface area (Å²) in [5, 5.41) is 4.06. The molecule has 0 amide bonds. The first-order chi connectivity index (χ1) is 9.58. The van der Waals surface area contributed by atoms with E-state index in [0.29, 0.717) is 5.02 Å². The molecule has 0 aliphatic heterocycles. The molecule has 0 fully saturated rings. The van der Waals surface area contributed by atoms with E-state index in [9.17, 15) is 4.79 Å². The van der Waals surface area contributed by atoms with Gasteiger partial charge in [0.05, 0.1) is 5.56 Å². The Labute approximate surface area is 124 Å². The molecule has 0 saturated heterocycles. The quantitative estimate of drug-likeness (QED) is 0.406. The number of amidine groups is 1. The molecule has 8 heteroatoms. The molecule has 0 bridgehead atoms. The third-order valence-corrected chi connectivity index (χ3v) is 2.73. The molecule has 2 rings (SSSR count). The minimum atomic E-state index is -0.676. The fourth-order valence-corrected chi connectivity index (χ4v) is 1.59. The van der Waals surface area contributed by atoms with E-state index in [1.807, 2.05) is 0 Å². The smallest absolute Gasteiger partial charge is 0.365 e. The Morgan fingerprint density at radius 2 is 1.80 bits per heavy atom. The van der Waals surface area contributed by atoms with Crippen LogP contribution in [-0.4, -0.2) is 21.8 Å². The lowest BCUT2D eigenvalue weighted by atomic mass is 10.2. The Hall–Kier alpha value is -2.18. The van der Waals surface area contributed by atoms with Crippen LogP contribution >= 0.6 is 23.2 Å². The molecule has 0 radical (unpaired) electrons. The molecule has 0 aliphatic carbocycles. The van der Waals surface area contributed by atoms with Gasteiger partial charge in [-0.25, -0.2) is 14.8 Å². The number of nitrogens with zero attached hydrogens (tertiary/aromatic N) is 3. The number of halogens is 2. The van der Waals surface area contributed by atoms with Crippen LogP contribution in [0.25, 0.3) is 0 Å². The van der Waals surface area contributed by atoms with Gasteiger partial charge in [0.15, 0.2) is 11.0 Å². The Morgan fingerprint density at radius 3 is 2.45 bits per heavy atom. The zero-order valence-electron chi connectivity index (χ0n) is 9.96. The predicted molar refractivity (Wildman–Crippen MR) is 74.6 cm³/mol. The van der Waals surface area contributed by atoms with E-state index in [4.69, 9.17) is 33.8 Å². The molecular weight excluding hydrogens is 303 g/mol. The molecule has 0 spiro atoms. The van der Waals surface area contributed by atoms with Gasteiger partial charge in [-0.1, -0.05) is 28.4 Å². The molecule has 102 valence electrons. The van der Waals surface area contributed by atoms with Crippen molar-refractivity contribution >= 4 is 35.0 Å². The second-order valence-corrected chi connectivity index (χ2v) is 4.35. The normalized spacial score (nSPS) is 11.2. The molecule has 0 atom stereocenters. The van der Waals surface area contributed by atoms with Crippen LogP contribution in [0.1, 0.15) is 16.1 Å². The van der Waals surface area contributed by atoms with E-state index >= 15 is 0 Å². The van der Waals surface area contributed by atoms with Crippen LogP contribution in [0.2, 0.25) is 10.2 Å². The van der Waals surface area contributed by atoms with Gasteiger partial charge in [0, 0.05) is 17.4 Å². The summed E-state index contributed by atoms with van der Waals surface area (Å²) in [6.45, 7) is 0. The summed E-state index contributed by atoms with van der Waals surface area (Å²) < 4.78 is 0. The van der Waals surface area contributed by atoms with E-state index in [2.05, 4.69) is 15.1 Å². The Morgan fingerprint density at radius 1 is 1.15 bits per heavy atom. The van der Waals surface area contributed by atoms with Gasteiger partial charge in [0.2, 0.25) is 0 Å². The van der Waals surface area contributed by atoms with E-state index in [1.54, 1.807) is 12.1 Å². The number of oxime groups is 1. The molecule has 1 aromatic heterocycles. The second kappa shape index (κ2) is 6.31. The minimum Gasteiger partial charge on any atom is -0.379 e. The number of benzene rings is 1. The van der Waals surface area contributed by atoms with Gasteiger partial charge in [-0.3, -0.25) is 0 Å². The summed E-state index contributed by atoms with van der Waals surface area (Å²) in [7, 11) is 0. The molecule has 2 aromatic rings. The number of nitrogens with two attached hydrogens (primary N) is 1. The van der Waals surface area contributed by atoms with Crippen molar-refractivity contribution in [2.75, 3.05) is 0 Å². The number of carbonyl (C=O) groups excluding carboxylic acids is 1. The first-order valence-electron chi connectivity index (χ1n) is 5.35. The van der Waals surface area contributed by atoms with Crippen LogP contribution in [0.5, 0.6) is 0 Å². The number of aromatic nitrogens is 2. The van der Waals surface area contributed by atoms with Gasteiger partial charge in [-0.2, -0.15) is 0 Å². The van der Waals surface area contributed by atoms with Crippen molar-refractivity contribution in [2.24, 2.45) is 10.9 Å². The zero-order chi connectivity index (χ0) is 14.5. The van der Waals surface area contributed by atoms with E-state index in [-0.39, 0.29) is 22.2 Å². The zero-order valence-corrected chi connectivity index (χ0v) is 11.5. The highest BCUT2D eigenvalue weighted by Gasteiger charge is 2.10. The highest BCUT2D eigenvalue weighted by atomic mass is 35.5. The largest absolute Gasteiger partial charge is 0.379 e. The van der Waals surface area contributed by atoms with E-state index in [1.165, 1.54) is 24.5 Å². The van der Waals surface area contributed by atoms with Crippen LogP contribution in [-0.2, 0) is 4.84 Å². The maximum atomic E-state index is 11.7. The maximum Gasteiger partial charge on any atom is 0.365 e. The molecule has 6 nitrogen and oxygen atoms in total. The Balaban J connectivity index is 2.11. The monoisotopic (exact) mass is 310 g/mol. The van der Waals surface area contributed by atoms with Gasteiger partial charge in [-0.05, 0) is 24.3 Å². The van der Waals surface area contributed by atoms with Crippen LogP contribution in [0.4, 0.5) is 0 Å². The third kappa shape index (κ3) is 3.43. The maximum absolute atomic E-state index is 11.7. The number of carbonyl (C=O) groups is 1. The molecule has 0 saturated carbocycles. The average Bonchev–Trinajstić information content (AvgIpc) is 2.45. The number of hydrogen-bond acceptors (Lipinski definition) is 5. The fraction of sp³-hybridized carbons (Fsp3) is 0. The van der Waals surface area contributed by atoms with Gasteiger partial charge in [-0.15, -0.1) is 0 Å². The van der Waals surface area contributed by atoms with Gasteiger partial charge in [0.1, 0.15) is 5.69 Å². The first kappa shape index (κ1) is 14.2. The van der Waals surface area contributed by atoms with Crippen molar-refractivity contribution < 1.29 is 9.63 Å². The number of hydrogen-bond donors (Lipinski definition) is 1. The minimum absolute atomic E-state index is 0.0660. The third-order valence-electron chi connectivity index (χ3n) is 2.20. The van der Waals surface area contributed by atoms with Gasteiger partial charge < -0.3 is 10.6 Å². The SMILES string of the molecule is NC(=NOC(=O)c1ccc(Cl)cc1)c1nccnc1Cl. The average molecular weight is 311 g/mol. The van der Waals surface area contributed by atoms with E-state index in [0.717, 1.165) is 0 Å². The van der Waals surface area contributed by atoms with Crippen molar-refractivity contribution in [2.45, 2.75) is 0 Å². The molecule has 1 aromatic carbocycles. The van der Waals surface area contributed by atoms with Gasteiger partial charge >= 0.3 is 5.97 Å². The lowest BCUT2D eigenvalue weighted by molar-refractivity contribution is 0.0516. The molecule has 0 unspecified atom stereocenters. The summed E-state index contributed by atoms with van der Waals surface area (Å²) in [6, 6.07) is 6.13. The van der Waals surface area contributed by atoms with Crippen LogP contribution < -0.4 is 5.73 Å². The van der Waals surface area contributed by atoms with Crippen molar-refractivity contribution in [1.82, 2.24) is 9.97 Å². The fourth-order valence-electron chi connectivity index (χ4n) is 1.27. The summed E-state index contributed by atoms with van der Waals surface area (Å²) >= 11 is 11.5. The van der Waals surface area contributed by atoms with Gasteiger partial charge in [0.25, 0.3) is 0 Å². The highest BCUT2D eigenvalue weighted by Crippen LogP contribution is 2.11. The Kier molecular flexibility index (Phi) is 4.49. The van der Waals surface area contributed by atoms with Crippen molar-refractivity contribution in [1.29, 1.82) is 0 Å². The summed E-state index contributed by atoms with van der Waals surface area (Å²) in [4.78, 5) is 24.0. The van der Waals surface area contributed by atoms with Crippen LogP contribution in [0.3, 0.4) is 0 Å². The predicted octanol–water partition coefficient (Wildman–Crippen LogP) is 2.26. The lowest BCUT2D eigenvalue weighted by Gasteiger charge is -2.01. The van der Waals surface area contributed by atoms with Crippen molar-refractivity contribution in [3.05, 3.63) is 58.1 Å². The first-order valence-corrected chi connectivity index (χ1v) is 6.11. The lowest BCUT2D eigenvalue weighted by Crippen LogP contribution is -2.17. The second-order valence-electron chi connectivity index (χ2n) is 3.56. The van der Waals surface area contributed by atoms with Crippen molar-refractivity contribution in [3.63, 3.8) is 0 Å². The summed E-state index contributed by atoms with van der Waals surface area (Å²) in [5.41, 5.74) is 6.04. The summed E-state index contributed by atoms with van der Waals surface area (Å²) in [6.07, 6.45) is 2.80. The molecular formula is C12H8Cl2N4O2. The number of rotatable bonds is 3.